The van der Waals surface area contributed by atoms with Gasteiger partial charge in [0.15, 0.2) is 0 Å². The van der Waals surface area contributed by atoms with Crippen molar-refractivity contribution in [3.8, 4) is 0 Å². The molecule has 4 heteroatoms. The summed E-state index contributed by atoms with van der Waals surface area (Å²) in [6.07, 6.45) is 0.988. The zero-order valence-electron chi connectivity index (χ0n) is 11.3. The van der Waals surface area contributed by atoms with E-state index in [1.54, 1.807) is 7.11 Å². The van der Waals surface area contributed by atoms with Crippen molar-refractivity contribution >= 4 is 5.84 Å². The molecular formula is C12H27N3O. The van der Waals surface area contributed by atoms with E-state index in [1.807, 2.05) is 6.92 Å². The largest absolute Gasteiger partial charge is 0.387 e. The van der Waals surface area contributed by atoms with Crippen LogP contribution in [0.15, 0.2) is 0 Å². The minimum absolute atomic E-state index is 0.0765. The second kappa shape index (κ2) is 6.86. The normalized spacial score (nSPS) is 14.1. The Labute approximate surface area is 99.7 Å². The van der Waals surface area contributed by atoms with Crippen LogP contribution >= 0.6 is 0 Å². The third kappa shape index (κ3) is 6.08. The number of nitrogens with one attached hydrogen (secondary N) is 1. The molecule has 4 nitrogen and oxygen atoms in total. The second-order valence-corrected chi connectivity index (χ2v) is 4.96. The van der Waals surface area contributed by atoms with Gasteiger partial charge in [0.05, 0.1) is 11.4 Å². The van der Waals surface area contributed by atoms with Crippen LogP contribution in [0.4, 0.5) is 0 Å². The maximum atomic E-state index is 7.39. The third-order valence-electron chi connectivity index (χ3n) is 3.09. The maximum absolute atomic E-state index is 7.39. The van der Waals surface area contributed by atoms with E-state index in [9.17, 15) is 0 Å². The van der Waals surface area contributed by atoms with E-state index in [4.69, 9.17) is 15.9 Å². The smallest absolute Gasteiger partial charge is 0.0947 e. The Kier molecular flexibility index (Phi) is 6.60. The number of hydrogen-bond acceptors (Lipinski definition) is 3. The van der Waals surface area contributed by atoms with Crippen molar-refractivity contribution in [3.05, 3.63) is 0 Å². The van der Waals surface area contributed by atoms with Gasteiger partial charge < -0.3 is 15.4 Å². The first-order chi connectivity index (χ1) is 7.32. The van der Waals surface area contributed by atoms with Crippen molar-refractivity contribution in [2.75, 3.05) is 26.7 Å². The van der Waals surface area contributed by atoms with E-state index in [2.05, 4.69) is 25.7 Å². The molecule has 16 heavy (non-hydrogen) atoms. The number of methoxy groups -OCH3 is 1. The van der Waals surface area contributed by atoms with Gasteiger partial charge in [0, 0.05) is 26.1 Å². The highest BCUT2D eigenvalue weighted by atomic mass is 16.5. The van der Waals surface area contributed by atoms with Crippen LogP contribution in [-0.4, -0.2) is 43.1 Å². The predicted molar refractivity (Wildman–Crippen MR) is 68.9 cm³/mol. The SMILES string of the molecule is CCN(CCC(C)(C)OC)CC(C)C(=N)N. The van der Waals surface area contributed by atoms with Gasteiger partial charge >= 0.3 is 0 Å². The summed E-state index contributed by atoms with van der Waals surface area (Å²) in [5.41, 5.74) is 5.40. The zero-order valence-corrected chi connectivity index (χ0v) is 11.3. The Morgan fingerprint density at radius 3 is 2.44 bits per heavy atom. The number of nitrogens with zero attached hydrogens (tertiary/aromatic N) is 1. The molecule has 0 fully saturated rings. The average molecular weight is 229 g/mol. The van der Waals surface area contributed by atoms with E-state index in [-0.39, 0.29) is 17.4 Å². The maximum Gasteiger partial charge on any atom is 0.0947 e. The minimum Gasteiger partial charge on any atom is -0.387 e. The molecule has 0 aromatic rings. The van der Waals surface area contributed by atoms with E-state index >= 15 is 0 Å². The number of ether oxygens (including phenoxy) is 1. The molecule has 0 radical (unpaired) electrons. The van der Waals surface area contributed by atoms with E-state index < -0.39 is 0 Å². The summed E-state index contributed by atoms with van der Waals surface area (Å²) in [6.45, 7) is 11.1. The van der Waals surface area contributed by atoms with Gasteiger partial charge in [0.25, 0.3) is 0 Å². The van der Waals surface area contributed by atoms with Crippen LogP contribution in [0.2, 0.25) is 0 Å². The lowest BCUT2D eigenvalue weighted by Crippen LogP contribution is -2.37. The van der Waals surface area contributed by atoms with Crippen molar-refractivity contribution in [1.82, 2.24) is 4.90 Å². The Balaban J connectivity index is 4.06. The fourth-order valence-corrected chi connectivity index (χ4v) is 1.39. The molecule has 0 aromatic heterocycles. The van der Waals surface area contributed by atoms with Gasteiger partial charge in [0.2, 0.25) is 0 Å². The van der Waals surface area contributed by atoms with E-state index in [0.29, 0.717) is 0 Å². The molecule has 96 valence electrons. The number of hydrogen-bond donors (Lipinski definition) is 2. The Hall–Kier alpha value is -0.610. The van der Waals surface area contributed by atoms with E-state index in [0.717, 1.165) is 26.1 Å². The van der Waals surface area contributed by atoms with Crippen molar-refractivity contribution < 1.29 is 4.74 Å². The molecular weight excluding hydrogens is 202 g/mol. The molecule has 0 saturated heterocycles. The van der Waals surface area contributed by atoms with Crippen LogP contribution in [0, 0.1) is 11.3 Å². The Bertz CT molecular complexity index is 216. The van der Waals surface area contributed by atoms with Crippen molar-refractivity contribution in [1.29, 1.82) is 5.41 Å². The van der Waals surface area contributed by atoms with Crippen LogP contribution in [0.3, 0.4) is 0 Å². The van der Waals surface area contributed by atoms with E-state index in [1.165, 1.54) is 0 Å². The Morgan fingerprint density at radius 1 is 1.50 bits per heavy atom. The van der Waals surface area contributed by atoms with Crippen molar-refractivity contribution in [2.24, 2.45) is 11.7 Å². The van der Waals surface area contributed by atoms with Crippen molar-refractivity contribution in [2.45, 2.75) is 39.7 Å². The highest BCUT2D eigenvalue weighted by Gasteiger charge is 2.18. The number of amidine groups is 1. The highest BCUT2D eigenvalue weighted by Crippen LogP contribution is 2.14. The molecule has 0 bridgehead atoms. The lowest BCUT2D eigenvalue weighted by Gasteiger charge is -2.29. The van der Waals surface area contributed by atoms with Gasteiger partial charge in [-0.15, -0.1) is 0 Å². The number of nitrogens with two attached hydrogens (primary N) is 1. The number of rotatable bonds is 8. The van der Waals surface area contributed by atoms with Gasteiger partial charge in [-0.1, -0.05) is 13.8 Å². The molecule has 1 atom stereocenters. The molecule has 3 N–H and O–H groups in total. The summed E-state index contributed by atoms with van der Waals surface area (Å²) < 4.78 is 5.39. The summed E-state index contributed by atoms with van der Waals surface area (Å²) in [6, 6.07) is 0. The first-order valence-electron chi connectivity index (χ1n) is 5.93. The lowest BCUT2D eigenvalue weighted by atomic mass is 10.0. The second-order valence-electron chi connectivity index (χ2n) is 4.96. The molecule has 0 spiro atoms. The standard InChI is InChI=1S/C12H27N3O/c1-6-15(9-10(2)11(13)14)8-7-12(3,4)16-5/h10H,6-9H2,1-5H3,(H3,13,14). The fourth-order valence-electron chi connectivity index (χ4n) is 1.39. The first-order valence-corrected chi connectivity index (χ1v) is 5.93. The average Bonchev–Trinajstić information content (AvgIpc) is 2.23. The highest BCUT2D eigenvalue weighted by molar-refractivity contribution is 5.79. The summed E-state index contributed by atoms with van der Waals surface area (Å²) in [5.74, 6) is 0.398. The van der Waals surface area contributed by atoms with Gasteiger partial charge in [0.1, 0.15) is 0 Å². The molecule has 0 saturated carbocycles. The van der Waals surface area contributed by atoms with Crippen LogP contribution in [0.25, 0.3) is 0 Å². The summed E-state index contributed by atoms with van der Waals surface area (Å²) in [7, 11) is 1.74. The quantitative estimate of drug-likeness (QED) is 0.492. The van der Waals surface area contributed by atoms with Crippen LogP contribution in [-0.2, 0) is 4.74 Å². The lowest BCUT2D eigenvalue weighted by molar-refractivity contribution is 0.00738. The summed E-state index contributed by atoms with van der Waals surface area (Å²) in [5, 5.41) is 7.39. The monoisotopic (exact) mass is 229 g/mol. The fraction of sp³-hybridized carbons (Fsp3) is 0.917. The summed E-state index contributed by atoms with van der Waals surface area (Å²) in [4.78, 5) is 2.31. The van der Waals surface area contributed by atoms with Gasteiger partial charge in [-0.05, 0) is 26.8 Å². The molecule has 0 heterocycles. The molecule has 1 unspecified atom stereocenters. The van der Waals surface area contributed by atoms with Crippen LogP contribution in [0.5, 0.6) is 0 Å². The Morgan fingerprint density at radius 2 is 2.06 bits per heavy atom. The zero-order chi connectivity index (χ0) is 12.8. The first kappa shape index (κ1) is 15.4. The van der Waals surface area contributed by atoms with Crippen LogP contribution < -0.4 is 5.73 Å². The third-order valence-corrected chi connectivity index (χ3v) is 3.09. The van der Waals surface area contributed by atoms with Crippen LogP contribution in [0.1, 0.15) is 34.1 Å². The predicted octanol–water partition coefficient (Wildman–Crippen LogP) is 1.70. The van der Waals surface area contributed by atoms with Crippen molar-refractivity contribution in [3.63, 3.8) is 0 Å². The summed E-state index contributed by atoms with van der Waals surface area (Å²) >= 11 is 0. The van der Waals surface area contributed by atoms with Gasteiger partial charge in [-0.25, -0.2) is 0 Å². The van der Waals surface area contributed by atoms with Gasteiger partial charge in [-0.3, -0.25) is 5.41 Å². The molecule has 0 aliphatic carbocycles. The molecule has 0 aliphatic rings. The molecule has 0 rings (SSSR count). The molecule has 0 aliphatic heterocycles. The molecule has 0 amide bonds. The van der Waals surface area contributed by atoms with Gasteiger partial charge in [-0.2, -0.15) is 0 Å². The molecule has 0 aromatic carbocycles. The topological polar surface area (TPSA) is 62.3 Å². The minimum atomic E-state index is -0.0765.